The van der Waals surface area contributed by atoms with Crippen molar-refractivity contribution in [1.29, 1.82) is 0 Å². The molecule has 33 heavy (non-hydrogen) atoms. The molecule has 3 aromatic rings. The zero-order valence-corrected chi connectivity index (χ0v) is 18.5. The first-order valence-corrected chi connectivity index (χ1v) is 10.6. The van der Waals surface area contributed by atoms with Crippen LogP contribution in [-0.4, -0.2) is 77.0 Å². The molecule has 2 aliphatic heterocycles. The van der Waals surface area contributed by atoms with E-state index in [0.29, 0.717) is 29.0 Å². The predicted molar refractivity (Wildman–Crippen MR) is 123 cm³/mol. The maximum Gasteiger partial charge on any atom is 0.327 e. The largest absolute Gasteiger partial charge is 0.483 e. The van der Waals surface area contributed by atoms with E-state index >= 15 is 0 Å². The number of rotatable bonds is 2. The number of nitrogens with zero attached hydrogens (tertiary/aromatic N) is 6. The van der Waals surface area contributed by atoms with E-state index in [2.05, 4.69) is 32.2 Å². The van der Waals surface area contributed by atoms with Crippen molar-refractivity contribution in [2.24, 2.45) is 7.05 Å². The molecule has 0 saturated carbocycles. The lowest BCUT2D eigenvalue weighted by Gasteiger charge is -2.35. The van der Waals surface area contributed by atoms with Crippen molar-refractivity contribution in [3.8, 4) is 0 Å². The van der Waals surface area contributed by atoms with Crippen LogP contribution in [-0.2, 0) is 18.3 Å². The first-order chi connectivity index (χ1) is 15.9. The summed E-state index contributed by atoms with van der Waals surface area (Å²) in [4.78, 5) is 32.1. The number of aromatic nitrogens is 3. The highest BCUT2D eigenvalue weighted by Crippen LogP contribution is 2.34. The maximum absolute atomic E-state index is 14.4. The number of urea groups is 1. The van der Waals surface area contributed by atoms with E-state index < -0.39 is 5.82 Å². The third-order valence-electron chi connectivity index (χ3n) is 5.87. The Bertz CT molecular complexity index is 1170. The molecule has 0 atom stereocenters. The smallest absolute Gasteiger partial charge is 0.327 e. The first-order valence-electron chi connectivity index (χ1n) is 10.6. The van der Waals surface area contributed by atoms with Crippen molar-refractivity contribution in [3.63, 3.8) is 0 Å². The molecule has 1 fully saturated rings. The normalized spacial score (nSPS) is 15.7. The van der Waals surface area contributed by atoms with Gasteiger partial charge in [-0.1, -0.05) is 0 Å². The van der Waals surface area contributed by atoms with Crippen LogP contribution >= 0.6 is 0 Å². The van der Waals surface area contributed by atoms with Gasteiger partial charge in [-0.2, -0.15) is 5.10 Å². The Morgan fingerprint density at radius 1 is 1.18 bits per heavy atom. The Labute approximate surface area is 190 Å². The summed E-state index contributed by atoms with van der Waals surface area (Å²) in [6.45, 7) is 4.26. The van der Waals surface area contributed by atoms with Gasteiger partial charge in [0.2, 0.25) is 0 Å². The Balaban J connectivity index is 0.000000821. The molecule has 2 amide bonds. The Hall–Kier alpha value is -3.73. The summed E-state index contributed by atoms with van der Waals surface area (Å²) in [6, 6.07) is 4.77. The monoisotopic (exact) mass is 455 g/mol. The lowest BCUT2D eigenvalue weighted by atomic mass is 10.1. The molecule has 2 aliphatic rings. The number of halogens is 1. The van der Waals surface area contributed by atoms with Gasteiger partial charge in [0.1, 0.15) is 11.3 Å². The van der Waals surface area contributed by atoms with Crippen molar-refractivity contribution in [2.45, 2.75) is 6.42 Å². The fourth-order valence-electron chi connectivity index (χ4n) is 4.29. The van der Waals surface area contributed by atoms with E-state index in [4.69, 9.17) is 9.90 Å². The van der Waals surface area contributed by atoms with Gasteiger partial charge >= 0.3 is 6.03 Å². The predicted octanol–water partition coefficient (Wildman–Crippen LogP) is 2.15. The molecule has 1 saturated heterocycles. The number of carbonyl (C=O) groups is 2. The molecular weight excluding hydrogens is 429 g/mol. The number of likely N-dealkylation sites (N-methyl/N-ethyl adjacent to an activating group) is 1. The second-order valence-corrected chi connectivity index (χ2v) is 8.06. The molecule has 10 nitrogen and oxygen atoms in total. The number of fused-ring (bicyclic) bond motifs is 2. The van der Waals surface area contributed by atoms with Crippen LogP contribution in [0.15, 0.2) is 30.6 Å². The quantitative estimate of drug-likeness (QED) is 0.570. The highest BCUT2D eigenvalue weighted by Gasteiger charge is 2.30. The summed E-state index contributed by atoms with van der Waals surface area (Å²) < 4.78 is 15.9. The molecule has 0 radical (unpaired) electrons. The van der Waals surface area contributed by atoms with Gasteiger partial charge in [0.25, 0.3) is 6.47 Å². The van der Waals surface area contributed by atoms with Crippen molar-refractivity contribution >= 4 is 40.6 Å². The zero-order chi connectivity index (χ0) is 23.5. The van der Waals surface area contributed by atoms with Gasteiger partial charge < -0.3 is 20.2 Å². The number of nitrogens with one attached hydrogen (secondary N) is 1. The first kappa shape index (κ1) is 22.5. The third-order valence-corrected chi connectivity index (χ3v) is 5.87. The summed E-state index contributed by atoms with van der Waals surface area (Å²) in [6.07, 6.45) is 4.25. The van der Waals surface area contributed by atoms with E-state index in [1.165, 1.54) is 6.07 Å². The second-order valence-electron chi connectivity index (χ2n) is 8.06. The van der Waals surface area contributed by atoms with Crippen LogP contribution in [0.4, 0.5) is 26.4 Å². The van der Waals surface area contributed by atoms with Crippen molar-refractivity contribution in [1.82, 2.24) is 19.7 Å². The van der Waals surface area contributed by atoms with Gasteiger partial charge in [-0.05, 0) is 31.7 Å². The highest BCUT2D eigenvalue weighted by atomic mass is 19.1. The van der Waals surface area contributed by atoms with Crippen LogP contribution < -0.4 is 15.1 Å². The topological polar surface area (TPSA) is 107 Å². The van der Waals surface area contributed by atoms with E-state index in [1.54, 1.807) is 35.1 Å². The van der Waals surface area contributed by atoms with Gasteiger partial charge in [0, 0.05) is 74.5 Å². The molecule has 11 heteroatoms. The summed E-state index contributed by atoms with van der Waals surface area (Å²) in [5.41, 5.74) is 2.96. The second kappa shape index (κ2) is 9.41. The number of aryl methyl sites for hydroxylation is 1. The van der Waals surface area contributed by atoms with Gasteiger partial charge in [0.15, 0.2) is 5.82 Å². The van der Waals surface area contributed by atoms with Gasteiger partial charge in [-0.15, -0.1) is 0 Å². The van der Waals surface area contributed by atoms with Crippen molar-refractivity contribution in [3.05, 3.63) is 42.0 Å². The number of carboxylic acid groups (broad SMARTS) is 1. The van der Waals surface area contributed by atoms with Crippen LogP contribution in [0.25, 0.3) is 10.9 Å². The molecular formula is C22H26FN7O3. The molecule has 0 unspecified atom stereocenters. The third kappa shape index (κ3) is 4.58. The Morgan fingerprint density at radius 3 is 2.64 bits per heavy atom. The molecule has 2 aromatic heterocycles. The average molecular weight is 455 g/mol. The molecule has 4 heterocycles. The van der Waals surface area contributed by atoms with Crippen LogP contribution in [0, 0.1) is 5.82 Å². The van der Waals surface area contributed by atoms with Crippen molar-refractivity contribution in [2.75, 3.05) is 54.9 Å². The van der Waals surface area contributed by atoms with Crippen LogP contribution in [0.3, 0.4) is 0 Å². The average Bonchev–Trinajstić information content (AvgIpc) is 3.38. The van der Waals surface area contributed by atoms with Crippen molar-refractivity contribution < 1.29 is 19.1 Å². The summed E-state index contributed by atoms with van der Waals surface area (Å²) in [5.74, 6) is 0.229. The molecule has 1 aromatic carbocycles. The molecule has 0 spiro atoms. The van der Waals surface area contributed by atoms with E-state index in [0.717, 1.165) is 43.9 Å². The Morgan fingerprint density at radius 2 is 1.91 bits per heavy atom. The van der Waals surface area contributed by atoms with Gasteiger partial charge in [-0.3, -0.25) is 14.4 Å². The number of benzene rings is 1. The summed E-state index contributed by atoms with van der Waals surface area (Å²) in [5, 5.41) is 14.5. The highest BCUT2D eigenvalue weighted by molar-refractivity contribution is 6.03. The SMILES string of the molecule is CN1CCN(c2ccnc3c2CCN3C(=O)Nc2cc(F)c3nn(C)cc3c2)CC1.O=CO. The molecule has 5 rings (SSSR count). The minimum Gasteiger partial charge on any atom is -0.483 e. The zero-order valence-electron chi connectivity index (χ0n) is 18.5. The molecule has 0 aliphatic carbocycles. The lowest BCUT2D eigenvalue weighted by Crippen LogP contribution is -2.44. The minimum absolute atomic E-state index is 0.250. The number of piperazine rings is 1. The van der Waals surface area contributed by atoms with Crippen LogP contribution in [0.1, 0.15) is 5.56 Å². The number of amides is 2. The van der Waals surface area contributed by atoms with E-state index in [9.17, 15) is 9.18 Å². The fraction of sp³-hybridized carbons (Fsp3) is 0.364. The number of carbonyl (C=O) groups excluding carboxylic acids is 1. The molecule has 2 N–H and O–H groups in total. The minimum atomic E-state index is -0.458. The van der Waals surface area contributed by atoms with Gasteiger partial charge in [-0.25, -0.2) is 14.2 Å². The maximum atomic E-state index is 14.4. The summed E-state index contributed by atoms with van der Waals surface area (Å²) >= 11 is 0. The number of pyridine rings is 1. The van der Waals surface area contributed by atoms with E-state index in [1.807, 2.05) is 6.07 Å². The lowest BCUT2D eigenvalue weighted by molar-refractivity contribution is -0.122. The number of anilines is 3. The summed E-state index contributed by atoms with van der Waals surface area (Å²) in [7, 11) is 3.87. The van der Waals surface area contributed by atoms with E-state index in [-0.39, 0.29) is 12.5 Å². The van der Waals surface area contributed by atoms with Gasteiger partial charge in [0.05, 0.1) is 0 Å². The van der Waals surface area contributed by atoms with Crippen LogP contribution in [0.5, 0.6) is 0 Å². The number of hydrogen-bond acceptors (Lipinski definition) is 6. The fourth-order valence-corrected chi connectivity index (χ4v) is 4.29. The standard InChI is InChI=1S/C21H24FN7O.CH2O2/c1-26-7-9-28(10-8-26)18-3-5-23-20-16(18)4-6-29(20)21(30)24-15-11-14-13-27(2)25-19(14)17(22)12-15;2-1-3/h3,5,11-13H,4,6-10H2,1-2H3,(H,24,30);1H,(H,2,3). The Kier molecular flexibility index (Phi) is 6.40. The molecule has 0 bridgehead atoms. The number of hydrogen-bond donors (Lipinski definition) is 2. The molecule has 174 valence electrons. The van der Waals surface area contributed by atoms with Crippen LogP contribution in [0.2, 0.25) is 0 Å².